The molecular formula is C14H29IN4. The first-order valence-electron chi connectivity index (χ1n) is 7.39. The van der Waals surface area contributed by atoms with Crippen LogP contribution < -0.4 is 5.32 Å². The highest BCUT2D eigenvalue weighted by atomic mass is 127. The van der Waals surface area contributed by atoms with Crippen LogP contribution in [0.25, 0.3) is 0 Å². The van der Waals surface area contributed by atoms with Crippen LogP contribution in [0.3, 0.4) is 0 Å². The van der Waals surface area contributed by atoms with Crippen LogP contribution in [0.15, 0.2) is 4.99 Å². The third kappa shape index (κ3) is 5.10. The SMILES string of the molecule is CN=C(NC1CCC1)N1CCN(CC(C)C)CC1.I. The molecule has 1 saturated heterocycles. The van der Waals surface area contributed by atoms with Gasteiger partial charge in [0.25, 0.3) is 0 Å². The van der Waals surface area contributed by atoms with Gasteiger partial charge in [-0.2, -0.15) is 0 Å². The van der Waals surface area contributed by atoms with Gasteiger partial charge in [0.2, 0.25) is 0 Å². The normalized spacial score (nSPS) is 22.1. The predicted octanol–water partition coefficient (Wildman–Crippen LogP) is 2.01. The smallest absolute Gasteiger partial charge is 0.193 e. The zero-order chi connectivity index (χ0) is 13.0. The minimum atomic E-state index is 0. The Morgan fingerprint density at radius 1 is 1.21 bits per heavy atom. The molecule has 2 fully saturated rings. The molecule has 19 heavy (non-hydrogen) atoms. The highest BCUT2D eigenvalue weighted by Crippen LogP contribution is 2.18. The Hall–Kier alpha value is -0.0400. The van der Waals surface area contributed by atoms with E-state index in [-0.39, 0.29) is 24.0 Å². The van der Waals surface area contributed by atoms with Crippen LogP contribution in [0, 0.1) is 5.92 Å². The van der Waals surface area contributed by atoms with Crippen molar-refractivity contribution in [1.29, 1.82) is 0 Å². The standard InChI is InChI=1S/C14H28N4.HI/c1-12(2)11-17-7-9-18(10-8-17)14(15-3)16-13-5-4-6-13;/h12-13H,4-11H2,1-3H3,(H,15,16);1H. The van der Waals surface area contributed by atoms with Gasteiger partial charge in [0, 0.05) is 45.8 Å². The summed E-state index contributed by atoms with van der Waals surface area (Å²) in [4.78, 5) is 9.41. The van der Waals surface area contributed by atoms with E-state index in [1.807, 2.05) is 7.05 Å². The first kappa shape index (κ1) is 17.0. The Morgan fingerprint density at radius 3 is 2.26 bits per heavy atom. The van der Waals surface area contributed by atoms with Gasteiger partial charge < -0.3 is 10.2 Å². The molecule has 112 valence electrons. The summed E-state index contributed by atoms with van der Waals surface area (Å²) in [5, 5.41) is 3.59. The average Bonchev–Trinajstić information content (AvgIpc) is 2.29. The highest BCUT2D eigenvalue weighted by molar-refractivity contribution is 14.0. The van der Waals surface area contributed by atoms with E-state index in [0.29, 0.717) is 6.04 Å². The van der Waals surface area contributed by atoms with E-state index in [4.69, 9.17) is 0 Å². The third-order valence-corrected chi connectivity index (χ3v) is 3.95. The predicted molar refractivity (Wildman–Crippen MR) is 92.4 cm³/mol. The number of nitrogens with zero attached hydrogens (tertiary/aromatic N) is 3. The largest absolute Gasteiger partial charge is 0.354 e. The van der Waals surface area contributed by atoms with Crippen molar-refractivity contribution in [2.75, 3.05) is 39.8 Å². The molecule has 0 aromatic rings. The lowest BCUT2D eigenvalue weighted by atomic mass is 9.93. The average molecular weight is 380 g/mol. The molecule has 2 aliphatic rings. The quantitative estimate of drug-likeness (QED) is 0.462. The van der Waals surface area contributed by atoms with Crippen LogP contribution >= 0.6 is 24.0 Å². The number of halogens is 1. The topological polar surface area (TPSA) is 30.9 Å². The second-order valence-electron chi connectivity index (χ2n) is 6.00. The first-order valence-corrected chi connectivity index (χ1v) is 7.39. The van der Waals surface area contributed by atoms with Gasteiger partial charge in [0.15, 0.2) is 5.96 Å². The molecule has 0 aromatic heterocycles. The van der Waals surface area contributed by atoms with Crippen LogP contribution in [0.5, 0.6) is 0 Å². The van der Waals surface area contributed by atoms with Gasteiger partial charge in [0.05, 0.1) is 0 Å². The van der Waals surface area contributed by atoms with Crippen molar-refractivity contribution < 1.29 is 0 Å². The molecule has 1 N–H and O–H groups in total. The molecule has 1 aliphatic heterocycles. The number of aliphatic imine (C=N–C) groups is 1. The molecule has 0 spiro atoms. The molecule has 0 bridgehead atoms. The van der Waals surface area contributed by atoms with E-state index in [0.717, 1.165) is 25.0 Å². The number of rotatable bonds is 3. The molecule has 4 nitrogen and oxygen atoms in total. The van der Waals surface area contributed by atoms with Gasteiger partial charge in [-0.3, -0.25) is 9.89 Å². The van der Waals surface area contributed by atoms with Crippen LogP contribution in [-0.2, 0) is 0 Å². The fourth-order valence-corrected chi connectivity index (χ4v) is 2.69. The van der Waals surface area contributed by atoms with Gasteiger partial charge in [-0.25, -0.2) is 0 Å². The number of nitrogens with one attached hydrogen (secondary N) is 1. The van der Waals surface area contributed by atoms with Crippen molar-refractivity contribution >= 4 is 29.9 Å². The molecule has 0 unspecified atom stereocenters. The van der Waals surface area contributed by atoms with E-state index in [1.54, 1.807) is 0 Å². The summed E-state index contributed by atoms with van der Waals surface area (Å²) in [5.41, 5.74) is 0. The van der Waals surface area contributed by atoms with E-state index >= 15 is 0 Å². The summed E-state index contributed by atoms with van der Waals surface area (Å²) >= 11 is 0. The maximum absolute atomic E-state index is 4.43. The molecule has 5 heteroatoms. The second-order valence-corrected chi connectivity index (χ2v) is 6.00. The zero-order valence-electron chi connectivity index (χ0n) is 12.6. The number of guanidine groups is 1. The van der Waals surface area contributed by atoms with Gasteiger partial charge >= 0.3 is 0 Å². The van der Waals surface area contributed by atoms with Crippen molar-refractivity contribution in [3.8, 4) is 0 Å². The number of piperazine rings is 1. The van der Waals surface area contributed by atoms with Gasteiger partial charge in [-0.05, 0) is 25.2 Å². The molecule has 1 aliphatic carbocycles. The Bertz CT molecular complexity index is 281. The van der Waals surface area contributed by atoms with E-state index in [2.05, 4.69) is 34.0 Å². The maximum atomic E-state index is 4.43. The summed E-state index contributed by atoms with van der Waals surface area (Å²) in [7, 11) is 1.90. The van der Waals surface area contributed by atoms with Crippen LogP contribution in [0.2, 0.25) is 0 Å². The lowest BCUT2D eigenvalue weighted by Crippen LogP contribution is -2.55. The van der Waals surface area contributed by atoms with Crippen molar-refractivity contribution in [2.24, 2.45) is 10.9 Å². The Kier molecular flexibility index (Phi) is 7.42. The van der Waals surface area contributed by atoms with Crippen molar-refractivity contribution in [3.63, 3.8) is 0 Å². The Labute approximate surface area is 135 Å². The van der Waals surface area contributed by atoms with Crippen LogP contribution in [0.4, 0.5) is 0 Å². The fraction of sp³-hybridized carbons (Fsp3) is 0.929. The van der Waals surface area contributed by atoms with Crippen molar-refractivity contribution in [2.45, 2.75) is 39.2 Å². The zero-order valence-corrected chi connectivity index (χ0v) is 14.9. The first-order chi connectivity index (χ1) is 8.69. The Morgan fingerprint density at radius 2 is 1.84 bits per heavy atom. The Balaban J connectivity index is 0.00000180. The van der Waals surface area contributed by atoms with Gasteiger partial charge in [-0.1, -0.05) is 13.8 Å². The highest BCUT2D eigenvalue weighted by Gasteiger charge is 2.24. The molecule has 2 rings (SSSR count). The molecular weight excluding hydrogens is 351 g/mol. The van der Waals surface area contributed by atoms with E-state index in [1.165, 1.54) is 38.9 Å². The van der Waals surface area contributed by atoms with Crippen LogP contribution in [0.1, 0.15) is 33.1 Å². The lowest BCUT2D eigenvalue weighted by Gasteiger charge is -2.39. The van der Waals surface area contributed by atoms with Gasteiger partial charge in [0.1, 0.15) is 0 Å². The minimum Gasteiger partial charge on any atom is -0.354 e. The summed E-state index contributed by atoms with van der Waals surface area (Å²) < 4.78 is 0. The number of hydrogen-bond acceptors (Lipinski definition) is 2. The molecule has 1 heterocycles. The third-order valence-electron chi connectivity index (χ3n) is 3.95. The minimum absolute atomic E-state index is 0. The van der Waals surface area contributed by atoms with Crippen molar-refractivity contribution in [3.05, 3.63) is 0 Å². The fourth-order valence-electron chi connectivity index (χ4n) is 2.69. The second kappa shape index (κ2) is 8.29. The van der Waals surface area contributed by atoms with Gasteiger partial charge in [-0.15, -0.1) is 24.0 Å². The summed E-state index contributed by atoms with van der Waals surface area (Å²) in [6.07, 6.45) is 4.00. The summed E-state index contributed by atoms with van der Waals surface area (Å²) in [6, 6.07) is 0.678. The molecule has 0 amide bonds. The summed E-state index contributed by atoms with van der Waals surface area (Å²) in [5.74, 6) is 1.88. The summed E-state index contributed by atoms with van der Waals surface area (Å²) in [6.45, 7) is 10.4. The van der Waals surface area contributed by atoms with E-state index in [9.17, 15) is 0 Å². The molecule has 0 radical (unpaired) electrons. The van der Waals surface area contributed by atoms with E-state index < -0.39 is 0 Å². The van der Waals surface area contributed by atoms with Crippen molar-refractivity contribution in [1.82, 2.24) is 15.1 Å². The lowest BCUT2D eigenvalue weighted by molar-refractivity contribution is 0.162. The molecule has 1 saturated carbocycles. The van der Waals surface area contributed by atoms with Crippen LogP contribution in [-0.4, -0.2) is 61.6 Å². The number of hydrogen-bond donors (Lipinski definition) is 1. The maximum Gasteiger partial charge on any atom is 0.193 e. The molecule has 0 aromatic carbocycles. The monoisotopic (exact) mass is 380 g/mol. The molecule has 0 atom stereocenters.